The number of hydrogen-bond donors (Lipinski definition) is 1. The predicted molar refractivity (Wildman–Crippen MR) is 99.8 cm³/mol. The number of aromatic nitrogens is 2. The molecule has 0 radical (unpaired) electrons. The Labute approximate surface area is 158 Å². The number of aromatic amines is 1. The topological polar surface area (TPSA) is 61.5 Å². The van der Waals surface area contributed by atoms with Crippen LogP contribution in [0.1, 0.15) is 23.2 Å². The second-order valence-corrected chi connectivity index (χ2v) is 7.46. The molecule has 3 aliphatic rings. The minimum atomic E-state index is -0.331. The first-order valence-corrected chi connectivity index (χ1v) is 9.47. The van der Waals surface area contributed by atoms with Gasteiger partial charge in [0, 0.05) is 44.9 Å². The summed E-state index contributed by atoms with van der Waals surface area (Å²) in [4.78, 5) is 17.7. The molecule has 3 aliphatic heterocycles. The van der Waals surface area contributed by atoms with E-state index in [1.165, 1.54) is 12.1 Å². The van der Waals surface area contributed by atoms with Crippen molar-refractivity contribution >= 4 is 5.91 Å². The Morgan fingerprint density at radius 3 is 3.04 bits per heavy atom. The Kier molecular flexibility index (Phi) is 5.22. The molecule has 3 saturated heterocycles. The zero-order valence-corrected chi connectivity index (χ0v) is 15.5. The molecule has 2 bridgehead atoms. The SMILES string of the molecule is COCCN1C[C@H]2CC[C@@H]1CN(C(=O)c1cn[nH]c1-c1cccc(F)c1)C2. The van der Waals surface area contributed by atoms with Gasteiger partial charge in [-0.3, -0.25) is 14.8 Å². The Bertz CT molecular complexity index is 809. The standard InChI is InChI=1S/C20H25FN4O2/c1-27-8-7-24-11-14-5-6-17(24)13-25(12-14)20(26)18-10-22-23-19(18)15-3-2-4-16(21)9-15/h2-4,9-10,14,17H,5-8,11-13H2,1H3,(H,22,23)/t14-,17-/m1/s1. The molecule has 2 atom stereocenters. The molecule has 1 aromatic carbocycles. The van der Waals surface area contributed by atoms with Crippen molar-refractivity contribution in [2.24, 2.45) is 5.92 Å². The molecule has 5 rings (SSSR count). The third-order valence-corrected chi connectivity index (χ3v) is 5.68. The molecule has 1 amide bonds. The highest BCUT2D eigenvalue weighted by molar-refractivity contribution is 5.99. The van der Waals surface area contributed by atoms with Crippen LogP contribution in [0.4, 0.5) is 4.39 Å². The zero-order valence-electron chi connectivity index (χ0n) is 15.5. The van der Waals surface area contributed by atoms with Crippen molar-refractivity contribution in [3.05, 3.63) is 41.8 Å². The van der Waals surface area contributed by atoms with Crippen LogP contribution >= 0.6 is 0 Å². The number of carbonyl (C=O) groups excluding carboxylic acids is 1. The van der Waals surface area contributed by atoms with Crippen LogP contribution in [-0.2, 0) is 4.74 Å². The monoisotopic (exact) mass is 372 g/mol. The van der Waals surface area contributed by atoms with Crippen molar-refractivity contribution in [1.29, 1.82) is 0 Å². The van der Waals surface area contributed by atoms with E-state index in [2.05, 4.69) is 15.1 Å². The van der Waals surface area contributed by atoms with Crippen LogP contribution in [-0.4, -0.2) is 71.8 Å². The van der Waals surface area contributed by atoms with E-state index in [1.807, 2.05) is 4.90 Å². The van der Waals surface area contributed by atoms with Gasteiger partial charge in [0.05, 0.1) is 24.1 Å². The first kappa shape index (κ1) is 18.1. The van der Waals surface area contributed by atoms with Crippen molar-refractivity contribution in [2.45, 2.75) is 18.9 Å². The Balaban J connectivity index is 1.55. The van der Waals surface area contributed by atoms with Gasteiger partial charge < -0.3 is 9.64 Å². The number of hydrogen-bond acceptors (Lipinski definition) is 4. The summed E-state index contributed by atoms with van der Waals surface area (Å²) in [6.45, 7) is 4.10. The summed E-state index contributed by atoms with van der Waals surface area (Å²) in [6.07, 6.45) is 3.82. The maximum atomic E-state index is 13.6. The van der Waals surface area contributed by atoms with E-state index in [0.29, 0.717) is 41.9 Å². The fraction of sp³-hybridized carbons (Fsp3) is 0.500. The largest absolute Gasteiger partial charge is 0.383 e. The van der Waals surface area contributed by atoms with Crippen LogP contribution in [0.25, 0.3) is 11.3 Å². The van der Waals surface area contributed by atoms with Gasteiger partial charge in [-0.1, -0.05) is 12.1 Å². The molecule has 0 saturated carbocycles. The van der Waals surface area contributed by atoms with Crippen molar-refractivity contribution in [2.75, 3.05) is 39.9 Å². The van der Waals surface area contributed by atoms with E-state index >= 15 is 0 Å². The smallest absolute Gasteiger partial charge is 0.257 e. The van der Waals surface area contributed by atoms with Crippen LogP contribution in [0.5, 0.6) is 0 Å². The van der Waals surface area contributed by atoms with E-state index < -0.39 is 0 Å². The Morgan fingerprint density at radius 1 is 1.33 bits per heavy atom. The first-order valence-electron chi connectivity index (χ1n) is 9.47. The highest BCUT2D eigenvalue weighted by atomic mass is 19.1. The molecular weight excluding hydrogens is 347 g/mol. The second kappa shape index (κ2) is 7.78. The lowest BCUT2D eigenvalue weighted by atomic mass is 9.95. The number of nitrogens with one attached hydrogen (secondary N) is 1. The molecule has 6 nitrogen and oxygen atoms in total. The maximum Gasteiger partial charge on any atom is 0.257 e. The van der Waals surface area contributed by atoms with Crippen LogP contribution in [0.3, 0.4) is 0 Å². The zero-order chi connectivity index (χ0) is 18.8. The molecule has 1 aromatic heterocycles. The van der Waals surface area contributed by atoms with Gasteiger partial charge in [-0.15, -0.1) is 0 Å². The summed E-state index contributed by atoms with van der Waals surface area (Å²) in [5.74, 6) is 0.115. The summed E-state index contributed by atoms with van der Waals surface area (Å²) < 4.78 is 18.8. The third kappa shape index (κ3) is 3.75. The average Bonchev–Trinajstić information content (AvgIpc) is 2.99. The number of carbonyl (C=O) groups is 1. The molecule has 1 N–H and O–H groups in total. The number of methoxy groups -OCH3 is 1. The number of nitrogens with zero attached hydrogens (tertiary/aromatic N) is 3. The number of ether oxygens (including phenoxy) is 1. The van der Waals surface area contributed by atoms with Crippen LogP contribution < -0.4 is 0 Å². The van der Waals surface area contributed by atoms with Gasteiger partial charge >= 0.3 is 0 Å². The normalized spacial score (nSPS) is 22.8. The second-order valence-electron chi connectivity index (χ2n) is 7.46. The van der Waals surface area contributed by atoms with Crippen LogP contribution in [0.15, 0.2) is 30.5 Å². The molecule has 144 valence electrons. The van der Waals surface area contributed by atoms with E-state index in [9.17, 15) is 9.18 Å². The fourth-order valence-corrected chi connectivity index (χ4v) is 4.31. The number of fused-ring (bicyclic) bond motifs is 4. The first-order chi connectivity index (χ1) is 13.2. The van der Waals surface area contributed by atoms with Crippen molar-refractivity contribution in [1.82, 2.24) is 20.0 Å². The molecule has 0 spiro atoms. The summed E-state index contributed by atoms with van der Waals surface area (Å²) in [5.41, 5.74) is 1.72. The molecule has 0 aliphatic carbocycles. The lowest BCUT2D eigenvalue weighted by molar-refractivity contribution is 0.0718. The molecule has 27 heavy (non-hydrogen) atoms. The highest BCUT2D eigenvalue weighted by Gasteiger charge is 2.37. The lowest BCUT2D eigenvalue weighted by Gasteiger charge is -2.35. The molecular formula is C20H25FN4O2. The minimum Gasteiger partial charge on any atom is -0.383 e. The lowest BCUT2D eigenvalue weighted by Crippen LogP contribution is -2.45. The van der Waals surface area contributed by atoms with Gasteiger partial charge in [0.25, 0.3) is 5.91 Å². The van der Waals surface area contributed by atoms with Crippen molar-refractivity contribution in [3.8, 4) is 11.3 Å². The number of amides is 1. The van der Waals surface area contributed by atoms with Crippen LogP contribution in [0, 0.1) is 11.7 Å². The Hall–Kier alpha value is -2.25. The Morgan fingerprint density at radius 2 is 2.22 bits per heavy atom. The number of rotatable bonds is 5. The van der Waals surface area contributed by atoms with Crippen molar-refractivity contribution < 1.29 is 13.9 Å². The average molecular weight is 372 g/mol. The molecule has 7 heteroatoms. The van der Waals surface area contributed by atoms with E-state index in [-0.39, 0.29) is 11.7 Å². The minimum absolute atomic E-state index is 0.0338. The van der Waals surface area contributed by atoms with Gasteiger partial charge in [-0.2, -0.15) is 5.10 Å². The summed E-state index contributed by atoms with van der Waals surface area (Å²) in [7, 11) is 1.72. The van der Waals surface area contributed by atoms with E-state index in [1.54, 1.807) is 25.4 Å². The molecule has 2 aromatic rings. The highest BCUT2D eigenvalue weighted by Crippen LogP contribution is 2.30. The quantitative estimate of drug-likeness (QED) is 0.876. The molecule has 0 unspecified atom stereocenters. The molecule has 4 heterocycles. The van der Waals surface area contributed by atoms with Gasteiger partial charge in [-0.05, 0) is 30.9 Å². The maximum absolute atomic E-state index is 13.6. The number of benzene rings is 1. The molecule has 3 fully saturated rings. The van der Waals surface area contributed by atoms with Gasteiger partial charge in [0.2, 0.25) is 0 Å². The summed E-state index contributed by atoms with van der Waals surface area (Å²) in [6, 6.07) is 6.60. The van der Waals surface area contributed by atoms with Gasteiger partial charge in [0.15, 0.2) is 0 Å². The summed E-state index contributed by atoms with van der Waals surface area (Å²) in [5, 5.41) is 6.92. The fourth-order valence-electron chi connectivity index (χ4n) is 4.31. The summed E-state index contributed by atoms with van der Waals surface area (Å²) >= 11 is 0. The predicted octanol–water partition coefficient (Wildman–Crippen LogP) is 2.40. The number of halogens is 1. The number of piperidine rings is 1. The number of H-pyrrole nitrogens is 1. The van der Waals surface area contributed by atoms with E-state index in [4.69, 9.17) is 4.74 Å². The van der Waals surface area contributed by atoms with Crippen molar-refractivity contribution in [3.63, 3.8) is 0 Å². The van der Waals surface area contributed by atoms with E-state index in [0.717, 1.165) is 32.5 Å². The van der Waals surface area contributed by atoms with Gasteiger partial charge in [-0.25, -0.2) is 4.39 Å². The van der Waals surface area contributed by atoms with Gasteiger partial charge in [0.1, 0.15) is 5.82 Å². The third-order valence-electron chi connectivity index (χ3n) is 5.68. The van der Waals surface area contributed by atoms with Crippen LogP contribution in [0.2, 0.25) is 0 Å².